The maximum absolute atomic E-state index is 13.0. The summed E-state index contributed by atoms with van der Waals surface area (Å²) < 4.78 is 12.9. The summed E-state index contributed by atoms with van der Waals surface area (Å²) in [5, 5.41) is 8.19. The Labute approximate surface area is 169 Å². The number of hydrogen-bond acceptors (Lipinski definition) is 6. The SMILES string of the molecule is Cc1cccc(OCCc2noc(C3CCCCN3C(=O)c3ccnn3C)n2)c1. The van der Waals surface area contributed by atoms with E-state index >= 15 is 0 Å². The van der Waals surface area contributed by atoms with E-state index < -0.39 is 0 Å². The Morgan fingerprint density at radius 1 is 1.31 bits per heavy atom. The predicted molar refractivity (Wildman–Crippen MR) is 106 cm³/mol. The minimum atomic E-state index is -0.204. The van der Waals surface area contributed by atoms with Crippen molar-refractivity contribution in [2.45, 2.75) is 38.6 Å². The lowest BCUT2D eigenvalue weighted by atomic mass is 10.0. The summed E-state index contributed by atoms with van der Waals surface area (Å²) in [5.41, 5.74) is 1.71. The molecule has 1 aliphatic heterocycles. The average Bonchev–Trinajstić information content (AvgIpc) is 3.37. The molecule has 1 unspecified atom stereocenters. The monoisotopic (exact) mass is 395 g/mol. The number of piperidine rings is 1. The molecule has 0 radical (unpaired) electrons. The van der Waals surface area contributed by atoms with Crippen LogP contribution in [0.1, 0.15) is 53.1 Å². The van der Waals surface area contributed by atoms with Crippen molar-refractivity contribution < 1.29 is 14.1 Å². The van der Waals surface area contributed by atoms with Gasteiger partial charge in [0.2, 0.25) is 5.89 Å². The minimum absolute atomic E-state index is 0.0581. The van der Waals surface area contributed by atoms with E-state index in [1.807, 2.05) is 36.1 Å². The van der Waals surface area contributed by atoms with Gasteiger partial charge in [-0.2, -0.15) is 10.1 Å². The quantitative estimate of drug-likeness (QED) is 0.637. The van der Waals surface area contributed by atoms with Crippen molar-refractivity contribution >= 4 is 5.91 Å². The van der Waals surface area contributed by atoms with Gasteiger partial charge in [-0.3, -0.25) is 9.48 Å². The number of benzene rings is 1. The molecular formula is C21H25N5O3. The van der Waals surface area contributed by atoms with E-state index in [1.165, 1.54) is 0 Å². The third kappa shape index (κ3) is 4.31. The average molecular weight is 395 g/mol. The van der Waals surface area contributed by atoms with E-state index in [0.29, 0.717) is 37.0 Å². The first-order valence-corrected chi connectivity index (χ1v) is 9.93. The normalized spacial score (nSPS) is 16.8. The van der Waals surface area contributed by atoms with Gasteiger partial charge in [-0.15, -0.1) is 0 Å². The molecule has 8 heteroatoms. The number of amides is 1. The Hall–Kier alpha value is -3.16. The second-order valence-corrected chi connectivity index (χ2v) is 7.31. The van der Waals surface area contributed by atoms with Gasteiger partial charge in [0.15, 0.2) is 5.82 Å². The molecule has 3 aromatic rings. The fourth-order valence-electron chi connectivity index (χ4n) is 3.63. The lowest BCUT2D eigenvalue weighted by Gasteiger charge is -2.33. The van der Waals surface area contributed by atoms with Gasteiger partial charge in [0, 0.05) is 26.2 Å². The second-order valence-electron chi connectivity index (χ2n) is 7.31. The molecular weight excluding hydrogens is 370 g/mol. The lowest BCUT2D eigenvalue weighted by molar-refractivity contribution is 0.0550. The van der Waals surface area contributed by atoms with Gasteiger partial charge in [0.1, 0.15) is 17.5 Å². The van der Waals surface area contributed by atoms with Crippen LogP contribution in [0.3, 0.4) is 0 Å². The molecule has 1 fully saturated rings. The van der Waals surface area contributed by atoms with Crippen molar-refractivity contribution in [3.05, 3.63) is 59.5 Å². The Balaban J connectivity index is 1.41. The molecule has 29 heavy (non-hydrogen) atoms. The number of carbonyl (C=O) groups excluding carboxylic acids is 1. The van der Waals surface area contributed by atoms with Gasteiger partial charge in [0.25, 0.3) is 5.91 Å². The molecule has 152 valence electrons. The molecule has 0 spiro atoms. The Morgan fingerprint density at radius 3 is 3.00 bits per heavy atom. The molecule has 1 aromatic carbocycles. The molecule has 2 aromatic heterocycles. The largest absolute Gasteiger partial charge is 0.493 e. The molecule has 0 aliphatic carbocycles. The van der Waals surface area contributed by atoms with Crippen molar-refractivity contribution in [3.8, 4) is 5.75 Å². The molecule has 3 heterocycles. The Morgan fingerprint density at radius 2 is 2.21 bits per heavy atom. The molecule has 1 aliphatic rings. The number of carbonyl (C=O) groups is 1. The summed E-state index contributed by atoms with van der Waals surface area (Å²) in [7, 11) is 1.77. The van der Waals surface area contributed by atoms with E-state index in [-0.39, 0.29) is 11.9 Å². The molecule has 4 rings (SSSR count). The Bertz CT molecular complexity index is 980. The van der Waals surface area contributed by atoms with E-state index in [9.17, 15) is 4.79 Å². The van der Waals surface area contributed by atoms with Gasteiger partial charge in [0.05, 0.1) is 6.61 Å². The van der Waals surface area contributed by atoms with Crippen molar-refractivity contribution in [1.82, 2.24) is 24.8 Å². The summed E-state index contributed by atoms with van der Waals surface area (Å²) in [5.74, 6) is 1.85. The van der Waals surface area contributed by atoms with E-state index in [4.69, 9.17) is 9.26 Å². The van der Waals surface area contributed by atoms with Gasteiger partial charge < -0.3 is 14.2 Å². The second kappa shape index (κ2) is 8.46. The molecule has 1 saturated heterocycles. The van der Waals surface area contributed by atoms with Crippen LogP contribution >= 0.6 is 0 Å². The smallest absolute Gasteiger partial charge is 0.272 e. The van der Waals surface area contributed by atoms with Crippen LogP contribution in [0.15, 0.2) is 41.1 Å². The first-order chi connectivity index (χ1) is 14.1. The highest BCUT2D eigenvalue weighted by Crippen LogP contribution is 2.31. The fraction of sp³-hybridized carbons (Fsp3) is 0.429. The Kier molecular flexibility index (Phi) is 5.59. The van der Waals surface area contributed by atoms with Gasteiger partial charge in [-0.1, -0.05) is 17.3 Å². The third-order valence-corrected chi connectivity index (χ3v) is 5.16. The molecule has 0 saturated carbocycles. The molecule has 0 bridgehead atoms. The van der Waals surface area contributed by atoms with Crippen LogP contribution in [0.4, 0.5) is 0 Å². The van der Waals surface area contributed by atoms with Crippen LogP contribution in [0, 0.1) is 6.92 Å². The first kappa shape index (κ1) is 19.2. The van der Waals surface area contributed by atoms with Crippen LogP contribution in [0.25, 0.3) is 0 Å². The summed E-state index contributed by atoms with van der Waals surface area (Å²) in [4.78, 5) is 19.3. The standard InChI is InChI=1S/C21H25N5O3/c1-15-6-5-7-16(14-15)28-13-10-19-23-20(29-24-19)17-8-3-4-12-26(17)21(27)18-9-11-22-25(18)2/h5-7,9,11,14,17H,3-4,8,10,12-13H2,1-2H3. The number of hydrogen-bond donors (Lipinski definition) is 0. The molecule has 1 amide bonds. The fourth-order valence-corrected chi connectivity index (χ4v) is 3.63. The maximum atomic E-state index is 13.0. The summed E-state index contributed by atoms with van der Waals surface area (Å²) in [6, 6.07) is 9.44. The van der Waals surface area contributed by atoms with Crippen molar-refractivity contribution in [3.63, 3.8) is 0 Å². The third-order valence-electron chi connectivity index (χ3n) is 5.16. The molecule has 8 nitrogen and oxygen atoms in total. The van der Waals surface area contributed by atoms with Crippen LogP contribution in [0.5, 0.6) is 5.75 Å². The maximum Gasteiger partial charge on any atom is 0.272 e. The first-order valence-electron chi connectivity index (χ1n) is 9.93. The summed E-state index contributed by atoms with van der Waals surface area (Å²) >= 11 is 0. The highest BCUT2D eigenvalue weighted by molar-refractivity contribution is 5.92. The zero-order chi connectivity index (χ0) is 20.2. The highest BCUT2D eigenvalue weighted by atomic mass is 16.5. The van der Waals surface area contributed by atoms with E-state index in [1.54, 1.807) is 24.0 Å². The zero-order valence-electron chi connectivity index (χ0n) is 16.7. The van der Waals surface area contributed by atoms with Gasteiger partial charge >= 0.3 is 0 Å². The summed E-state index contributed by atoms with van der Waals surface area (Å²) in [6.45, 7) is 3.16. The zero-order valence-corrected chi connectivity index (χ0v) is 16.7. The lowest BCUT2D eigenvalue weighted by Crippen LogP contribution is -2.39. The number of aryl methyl sites for hydroxylation is 2. The van der Waals surface area contributed by atoms with Crippen molar-refractivity contribution in [1.29, 1.82) is 0 Å². The number of rotatable bonds is 6. The number of ether oxygens (including phenoxy) is 1. The summed E-state index contributed by atoms with van der Waals surface area (Å²) in [6.07, 6.45) is 4.97. The van der Waals surface area contributed by atoms with Gasteiger partial charge in [-0.05, 0) is 49.9 Å². The molecule has 0 N–H and O–H groups in total. The molecule has 1 atom stereocenters. The van der Waals surface area contributed by atoms with Crippen LogP contribution in [0.2, 0.25) is 0 Å². The van der Waals surface area contributed by atoms with Crippen molar-refractivity contribution in [2.24, 2.45) is 7.05 Å². The van der Waals surface area contributed by atoms with Crippen molar-refractivity contribution in [2.75, 3.05) is 13.2 Å². The van der Waals surface area contributed by atoms with E-state index in [0.717, 1.165) is 30.6 Å². The van der Waals surface area contributed by atoms with Crippen LogP contribution in [-0.2, 0) is 13.5 Å². The van der Waals surface area contributed by atoms with E-state index in [2.05, 4.69) is 15.2 Å². The predicted octanol–water partition coefficient (Wildman–Crippen LogP) is 3.10. The van der Waals surface area contributed by atoms with Crippen LogP contribution < -0.4 is 4.74 Å². The topological polar surface area (TPSA) is 86.3 Å². The number of nitrogens with zero attached hydrogens (tertiary/aromatic N) is 5. The number of aromatic nitrogens is 4. The highest BCUT2D eigenvalue weighted by Gasteiger charge is 2.33. The van der Waals surface area contributed by atoms with Crippen LogP contribution in [-0.4, -0.2) is 43.9 Å². The minimum Gasteiger partial charge on any atom is -0.493 e. The van der Waals surface area contributed by atoms with Gasteiger partial charge in [-0.25, -0.2) is 0 Å². The number of likely N-dealkylation sites (tertiary alicyclic amines) is 1.